The van der Waals surface area contributed by atoms with E-state index in [-0.39, 0.29) is 28.5 Å². The molecule has 0 radical (unpaired) electrons. The Bertz CT molecular complexity index is 1790. The molecule has 0 atom stereocenters. The molecule has 1 saturated heterocycles. The summed E-state index contributed by atoms with van der Waals surface area (Å²) in [6.45, 7) is 5.02. The summed E-state index contributed by atoms with van der Waals surface area (Å²) in [7, 11) is 0. The molecule has 1 aliphatic heterocycles. The summed E-state index contributed by atoms with van der Waals surface area (Å²) in [5.41, 5.74) is 1.62. The Morgan fingerprint density at radius 3 is 2.36 bits per heavy atom. The smallest absolute Gasteiger partial charge is 0.416 e. The molecule has 0 bridgehead atoms. The van der Waals surface area contributed by atoms with E-state index in [1.54, 1.807) is 18.5 Å². The van der Waals surface area contributed by atoms with Crippen LogP contribution in [0.5, 0.6) is 0 Å². The quantitative estimate of drug-likeness (QED) is 0.168. The molecule has 1 aliphatic rings. The number of alkyl halides is 3. The molecule has 2 aromatic carbocycles. The molecule has 10 nitrogen and oxygen atoms in total. The van der Waals surface area contributed by atoms with Gasteiger partial charge in [0.2, 0.25) is 5.89 Å². The highest BCUT2D eigenvalue weighted by atomic mass is 19.4. The zero-order chi connectivity index (χ0) is 31.4. The maximum atomic E-state index is 14.8. The Labute approximate surface area is 254 Å². The molecule has 0 unspecified atom stereocenters. The molecule has 2 amide bonds. The van der Waals surface area contributed by atoms with Crippen LogP contribution in [0.4, 0.5) is 39.5 Å². The van der Waals surface area contributed by atoms with Gasteiger partial charge in [-0.3, -0.25) is 4.90 Å². The summed E-state index contributed by atoms with van der Waals surface area (Å²) in [4.78, 5) is 27.9. The Hall–Kier alpha value is -5.08. The molecule has 45 heavy (non-hydrogen) atoms. The minimum absolute atomic E-state index is 0.0175. The van der Waals surface area contributed by atoms with Gasteiger partial charge in [-0.15, -0.1) is 0 Å². The third kappa shape index (κ3) is 7.36. The number of morpholine rings is 1. The molecule has 0 aliphatic carbocycles. The van der Waals surface area contributed by atoms with Crippen molar-refractivity contribution in [2.24, 2.45) is 0 Å². The summed E-state index contributed by atoms with van der Waals surface area (Å²) >= 11 is 0. The van der Waals surface area contributed by atoms with Crippen LogP contribution in [-0.2, 0) is 10.9 Å². The molecule has 3 N–H and O–H groups in total. The van der Waals surface area contributed by atoms with E-state index in [2.05, 4.69) is 35.8 Å². The minimum atomic E-state index is -4.49. The van der Waals surface area contributed by atoms with Crippen molar-refractivity contribution in [3.8, 4) is 22.6 Å². The fraction of sp³-hybridized carbons (Fsp3) is 0.226. The second-order valence-corrected chi connectivity index (χ2v) is 10.2. The second-order valence-electron chi connectivity index (χ2n) is 10.2. The monoisotopic (exact) mass is 621 g/mol. The summed E-state index contributed by atoms with van der Waals surface area (Å²) in [6.07, 6.45) is -1.14. The molecule has 1 fully saturated rings. The van der Waals surface area contributed by atoms with Crippen LogP contribution < -0.4 is 16.0 Å². The van der Waals surface area contributed by atoms with E-state index in [9.17, 15) is 22.4 Å². The van der Waals surface area contributed by atoms with E-state index in [0.29, 0.717) is 5.58 Å². The Kier molecular flexibility index (Phi) is 8.58. The number of hydrogen-bond acceptors (Lipinski definition) is 8. The third-order valence-corrected chi connectivity index (χ3v) is 7.11. The fourth-order valence-electron chi connectivity index (χ4n) is 4.73. The van der Waals surface area contributed by atoms with Crippen LogP contribution in [-0.4, -0.2) is 65.3 Å². The molecule has 6 rings (SSSR count). The van der Waals surface area contributed by atoms with Crippen LogP contribution in [0.2, 0.25) is 0 Å². The minimum Gasteiger partial charge on any atom is -0.434 e. The number of nitrogens with one attached hydrogen (secondary N) is 3. The number of rotatable bonds is 8. The van der Waals surface area contributed by atoms with Gasteiger partial charge < -0.3 is 25.1 Å². The number of hydrogen-bond donors (Lipinski definition) is 3. The van der Waals surface area contributed by atoms with Crippen LogP contribution in [0.1, 0.15) is 5.56 Å². The summed E-state index contributed by atoms with van der Waals surface area (Å²) in [5, 5.41) is 8.29. The number of carbonyl (C=O) groups excluding carboxylic acids is 1. The van der Waals surface area contributed by atoms with E-state index >= 15 is 0 Å². The number of fused-ring (bicyclic) bond motifs is 1. The maximum absolute atomic E-state index is 14.8. The Balaban J connectivity index is 1.11. The first-order valence-corrected chi connectivity index (χ1v) is 14.0. The van der Waals surface area contributed by atoms with Crippen LogP contribution in [0.25, 0.3) is 33.8 Å². The number of benzene rings is 2. The number of carbonyl (C=O) groups is 1. The van der Waals surface area contributed by atoms with Gasteiger partial charge in [-0.1, -0.05) is 0 Å². The van der Waals surface area contributed by atoms with Crippen molar-refractivity contribution in [2.75, 3.05) is 55.3 Å². The van der Waals surface area contributed by atoms with Gasteiger partial charge in [-0.2, -0.15) is 18.2 Å². The largest absolute Gasteiger partial charge is 0.434 e. The van der Waals surface area contributed by atoms with Gasteiger partial charge in [0.15, 0.2) is 11.2 Å². The summed E-state index contributed by atoms with van der Waals surface area (Å²) in [5.74, 6) is 0.0632. The van der Waals surface area contributed by atoms with Gasteiger partial charge in [-0.25, -0.2) is 19.2 Å². The maximum Gasteiger partial charge on any atom is 0.416 e. The molecule has 3 aromatic heterocycles. The lowest BCUT2D eigenvalue weighted by atomic mass is 10.1. The SMILES string of the molecule is O=C(Nc1ccc(C(F)(F)F)cc1)Nc1ccc(F)c(-c2nc3ncc(-c4ccc(NCCN5CCOCC5)nc4)cc3o2)c1. The van der Waals surface area contributed by atoms with E-state index in [4.69, 9.17) is 9.15 Å². The zero-order valence-corrected chi connectivity index (χ0v) is 23.7. The molecule has 232 valence electrons. The summed E-state index contributed by atoms with van der Waals surface area (Å²) < 4.78 is 64.4. The van der Waals surface area contributed by atoms with Crippen molar-refractivity contribution in [1.29, 1.82) is 0 Å². The van der Waals surface area contributed by atoms with Crippen molar-refractivity contribution in [3.05, 3.63) is 84.4 Å². The van der Waals surface area contributed by atoms with Gasteiger partial charge in [0.1, 0.15) is 11.6 Å². The van der Waals surface area contributed by atoms with Crippen LogP contribution in [0, 0.1) is 5.82 Å². The highest BCUT2D eigenvalue weighted by Crippen LogP contribution is 2.31. The normalized spacial score (nSPS) is 14.0. The first kappa shape index (κ1) is 30.0. The zero-order valence-electron chi connectivity index (χ0n) is 23.7. The highest BCUT2D eigenvalue weighted by Gasteiger charge is 2.30. The Morgan fingerprint density at radius 2 is 1.62 bits per heavy atom. The van der Waals surface area contributed by atoms with Crippen LogP contribution in [0.3, 0.4) is 0 Å². The number of anilines is 3. The number of ether oxygens (including phenoxy) is 1. The number of nitrogens with zero attached hydrogens (tertiary/aromatic N) is 4. The number of amides is 2. The fourth-order valence-corrected chi connectivity index (χ4v) is 4.73. The molecule has 14 heteroatoms. The molecule has 5 aromatic rings. The van der Waals surface area contributed by atoms with Gasteiger partial charge in [0.05, 0.1) is 24.3 Å². The Morgan fingerprint density at radius 1 is 0.889 bits per heavy atom. The lowest BCUT2D eigenvalue weighted by Crippen LogP contribution is -2.39. The average molecular weight is 622 g/mol. The predicted octanol–water partition coefficient (Wildman–Crippen LogP) is 6.50. The van der Waals surface area contributed by atoms with E-state index < -0.39 is 23.6 Å². The van der Waals surface area contributed by atoms with Gasteiger partial charge in [-0.05, 0) is 60.7 Å². The van der Waals surface area contributed by atoms with Gasteiger partial charge >= 0.3 is 12.2 Å². The number of urea groups is 1. The van der Waals surface area contributed by atoms with Crippen LogP contribution in [0.15, 0.2) is 77.5 Å². The predicted molar refractivity (Wildman–Crippen MR) is 160 cm³/mol. The van der Waals surface area contributed by atoms with E-state index in [0.717, 1.165) is 86.7 Å². The number of oxazole rings is 1. The van der Waals surface area contributed by atoms with Gasteiger partial charge in [0.25, 0.3) is 0 Å². The average Bonchev–Trinajstić information content (AvgIpc) is 3.46. The topological polar surface area (TPSA) is 117 Å². The standard InChI is InChI=1S/C31H27F4N7O3/c32-25-7-6-23(40-30(43)39-22-4-2-21(3-5-22)31(33,34)35)16-24(25)29-41-28-26(45-29)15-20(18-38-28)19-1-8-27(37-17-19)36-9-10-42-11-13-44-14-12-42/h1-8,15-18H,9-14H2,(H,36,37)(H2,39,40,43). The van der Waals surface area contributed by atoms with Crippen molar-refractivity contribution in [3.63, 3.8) is 0 Å². The number of pyridine rings is 2. The molecular formula is C31H27F4N7O3. The molecule has 0 saturated carbocycles. The second kappa shape index (κ2) is 12.9. The lowest BCUT2D eigenvalue weighted by molar-refractivity contribution is -0.137. The van der Waals surface area contributed by atoms with E-state index in [1.165, 1.54) is 12.1 Å². The molecule has 4 heterocycles. The lowest BCUT2D eigenvalue weighted by Gasteiger charge is -2.26. The van der Waals surface area contributed by atoms with Crippen molar-refractivity contribution < 1.29 is 31.5 Å². The highest BCUT2D eigenvalue weighted by molar-refractivity contribution is 6.00. The molecular weight excluding hydrogens is 594 g/mol. The van der Waals surface area contributed by atoms with Crippen molar-refractivity contribution >= 4 is 34.5 Å². The summed E-state index contributed by atoms with van der Waals surface area (Å²) in [6, 6.07) is 12.6. The number of aromatic nitrogens is 3. The van der Waals surface area contributed by atoms with E-state index in [1.807, 2.05) is 12.1 Å². The first-order chi connectivity index (χ1) is 21.7. The van der Waals surface area contributed by atoms with Crippen molar-refractivity contribution in [2.45, 2.75) is 6.18 Å². The third-order valence-electron chi connectivity index (χ3n) is 7.11. The molecule has 0 spiro atoms. The van der Waals surface area contributed by atoms with Crippen LogP contribution >= 0.6 is 0 Å². The number of halogens is 4. The first-order valence-electron chi connectivity index (χ1n) is 14.0. The van der Waals surface area contributed by atoms with Gasteiger partial charge in [0, 0.05) is 61.1 Å². The van der Waals surface area contributed by atoms with Crippen molar-refractivity contribution in [1.82, 2.24) is 19.9 Å².